The Labute approximate surface area is 128 Å². The van der Waals surface area contributed by atoms with Gasteiger partial charge in [-0.05, 0) is 19.9 Å². The molecule has 0 aliphatic rings. The molecule has 0 atom stereocenters. The summed E-state index contributed by atoms with van der Waals surface area (Å²) in [6.07, 6.45) is 1.67. The van der Waals surface area contributed by atoms with Crippen molar-refractivity contribution in [3.05, 3.63) is 48.2 Å². The van der Waals surface area contributed by atoms with E-state index in [-0.39, 0.29) is 12.0 Å². The lowest BCUT2D eigenvalue weighted by Gasteiger charge is -2.09. The second-order valence-corrected chi connectivity index (χ2v) is 5.33. The fourth-order valence-electron chi connectivity index (χ4n) is 2.43. The summed E-state index contributed by atoms with van der Waals surface area (Å²) in [6.45, 7) is 4.06. The molecule has 0 fully saturated rings. The Morgan fingerprint density at radius 2 is 1.95 bits per heavy atom. The number of fused-ring (bicyclic) bond motifs is 1. The van der Waals surface area contributed by atoms with Crippen LogP contribution in [0.2, 0.25) is 0 Å². The molecule has 0 unspecified atom stereocenters. The molecule has 5 nitrogen and oxygen atoms in total. The highest BCUT2D eigenvalue weighted by Gasteiger charge is 2.18. The average molecular weight is 295 g/mol. The normalized spacial score (nSPS) is 11.1. The highest BCUT2D eigenvalue weighted by molar-refractivity contribution is 6.03. The smallest absolute Gasteiger partial charge is 0.338 e. The third kappa shape index (κ3) is 2.35. The zero-order valence-corrected chi connectivity index (χ0v) is 12.8. The number of hydrogen-bond donors (Lipinski definition) is 0. The van der Waals surface area contributed by atoms with Gasteiger partial charge in [-0.3, -0.25) is 0 Å². The molecule has 0 saturated heterocycles. The standard InChI is InChI=1S/C17H17N3O2/c1-11(2)20-16-14(10-18-20)13(17(21)22-3)9-15(19-16)12-7-5-4-6-8-12/h4-11H,1-3H3. The molecule has 112 valence electrons. The molecule has 2 heterocycles. The fourth-order valence-corrected chi connectivity index (χ4v) is 2.43. The van der Waals surface area contributed by atoms with Crippen molar-refractivity contribution in [2.75, 3.05) is 7.11 Å². The molecule has 0 spiro atoms. The van der Waals surface area contributed by atoms with E-state index in [9.17, 15) is 4.79 Å². The van der Waals surface area contributed by atoms with Gasteiger partial charge in [0, 0.05) is 11.6 Å². The van der Waals surface area contributed by atoms with Crippen molar-refractivity contribution in [2.45, 2.75) is 19.9 Å². The van der Waals surface area contributed by atoms with Crippen LogP contribution in [-0.2, 0) is 4.74 Å². The van der Waals surface area contributed by atoms with Crippen LogP contribution >= 0.6 is 0 Å². The monoisotopic (exact) mass is 295 g/mol. The second kappa shape index (κ2) is 5.60. The van der Waals surface area contributed by atoms with Crippen LogP contribution in [0.1, 0.15) is 30.2 Å². The Morgan fingerprint density at radius 1 is 1.23 bits per heavy atom. The van der Waals surface area contributed by atoms with E-state index in [4.69, 9.17) is 9.72 Å². The number of esters is 1. The van der Waals surface area contributed by atoms with E-state index in [0.29, 0.717) is 16.6 Å². The van der Waals surface area contributed by atoms with Gasteiger partial charge >= 0.3 is 5.97 Å². The van der Waals surface area contributed by atoms with Crippen LogP contribution < -0.4 is 0 Å². The SMILES string of the molecule is COC(=O)c1cc(-c2ccccc2)nc2c1cnn2C(C)C. The number of carbonyl (C=O) groups is 1. The molecule has 0 aliphatic heterocycles. The lowest BCUT2D eigenvalue weighted by atomic mass is 10.1. The lowest BCUT2D eigenvalue weighted by Crippen LogP contribution is -2.06. The van der Waals surface area contributed by atoms with Gasteiger partial charge in [0.2, 0.25) is 0 Å². The minimum Gasteiger partial charge on any atom is -0.465 e. The maximum atomic E-state index is 12.1. The van der Waals surface area contributed by atoms with Crippen LogP contribution in [-0.4, -0.2) is 27.8 Å². The quantitative estimate of drug-likeness (QED) is 0.694. The zero-order valence-electron chi connectivity index (χ0n) is 12.8. The Kier molecular flexibility index (Phi) is 3.63. The summed E-state index contributed by atoms with van der Waals surface area (Å²) >= 11 is 0. The summed E-state index contributed by atoms with van der Waals surface area (Å²) in [7, 11) is 1.38. The van der Waals surface area contributed by atoms with Crippen LogP contribution in [0, 0.1) is 0 Å². The first-order valence-electron chi connectivity index (χ1n) is 7.14. The first-order chi connectivity index (χ1) is 10.6. The molecule has 2 aromatic heterocycles. The van der Waals surface area contributed by atoms with Crippen molar-refractivity contribution in [1.29, 1.82) is 0 Å². The molecular formula is C17H17N3O2. The molecule has 0 amide bonds. The molecule has 1 aromatic carbocycles. The highest BCUT2D eigenvalue weighted by Crippen LogP contribution is 2.26. The number of carbonyl (C=O) groups excluding carboxylic acids is 1. The molecule has 0 saturated carbocycles. The molecule has 0 aliphatic carbocycles. The van der Waals surface area contributed by atoms with Gasteiger partial charge in [-0.2, -0.15) is 5.10 Å². The molecule has 3 aromatic rings. The molecule has 5 heteroatoms. The van der Waals surface area contributed by atoms with E-state index in [1.165, 1.54) is 7.11 Å². The van der Waals surface area contributed by atoms with Crippen molar-refractivity contribution in [1.82, 2.24) is 14.8 Å². The van der Waals surface area contributed by atoms with Crippen molar-refractivity contribution in [3.63, 3.8) is 0 Å². The number of nitrogens with zero attached hydrogens (tertiary/aromatic N) is 3. The van der Waals surface area contributed by atoms with Gasteiger partial charge in [0.05, 0.1) is 30.0 Å². The molecule has 22 heavy (non-hydrogen) atoms. The van der Waals surface area contributed by atoms with Gasteiger partial charge in [-0.15, -0.1) is 0 Å². The highest BCUT2D eigenvalue weighted by atomic mass is 16.5. The molecule has 0 radical (unpaired) electrons. The predicted octanol–water partition coefficient (Wildman–Crippen LogP) is 3.47. The summed E-state index contributed by atoms with van der Waals surface area (Å²) in [4.78, 5) is 16.8. The van der Waals surface area contributed by atoms with E-state index in [2.05, 4.69) is 5.10 Å². The van der Waals surface area contributed by atoms with Crippen LogP contribution in [0.15, 0.2) is 42.6 Å². The summed E-state index contributed by atoms with van der Waals surface area (Å²) in [5, 5.41) is 5.06. The van der Waals surface area contributed by atoms with Gasteiger partial charge in [0.1, 0.15) is 0 Å². The number of aromatic nitrogens is 3. The fraction of sp³-hybridized carbons (Fsp3) is 0.235. The van der Waals surface area contributed by atoms with Crippen LogP contribution in [0.4, 0.5) is 0 Å². The van der Waals surface area contributed by atoms with Gasteiger partial charge in [0.15, 0.2) is 5.65 Å². The molecule has 0 N–H and O–H groups in total. The minimum absolute atomic E-state index is 0.154. The number of pyridine rings is 1. The van der Waals surface area contributed by atoms with Crippen LogP contribution in [0.25, 0.3) is 22.3 Å². The average Bonchev–Trinajstić information content (AvgIpc) is 2.98. The lowest BCUT2D eigenvalue weighted by molar-refractivity contribution is 0.0603. The van der Waals surface area contributed by atoms with Crippen molar-refractivity contribution >= 4 is 17.0 Å². The summed E-state index contributed by atoms with van der Waals surface area (Å²) in [5.74, 6) is -0.382. The first-order valence-corrected chi connectivity index (χ1v) is 7.14. The van der Waals surface area contributed by atoms with Gasteiger partial charge in [-0.1, -0.05) is 30.3 Å². The Hall–Kier alpha value is -2.69. The van der Waals surface area contributed by atoms with Crippen LogP contribution in [0.3, 0.4) is 0 Å². The Bertz CT molecular complexity index is 823. The maximum Gasteiger partial charge on any atom is 0.338 e. The number of hydrogen-bond acceptors (Lipinski definition) is 4. The van der Waals surface area contributed by atoms with Crippen molar-refractivity contribution in [3.8, 4) is 11.3 Å². The summed E-state index contributed by atoms with van der Waals surface area (Å²) < 4.78 is 6.71. The van der Waals surface area contributed by atoms with E-state index in [1.807, 2.05) is 48.9 Å². The van der Waals surface area contributed by atoms with Crippen molar-refractivity contribution < 1.29 is 9.53 Å². The van der Waals surface area contributed by atoms with Gasteiger partial charge in [-0.25, -0.2) is 14.5 Å². The van der Waals surface area contributed by atoms with Gasteiger partial charge in [0.25, 0.3) is 0 Å². The third-order valence-electron chi connectivity index (χ3n) is 3.53. The molecule has 0 bridgehead atoms. The second-order valence-electron chi connectivity index (χ2n) is 5.33. The largest absolute Gasteiger partial charge is 0.465 e. The number of rotatable bonds is 3. The number of ether oxygens (including phenoxy) is 1. The first kappa shape index (κ1) is 14.3. The summed E-state index contributed by atoms with van der Waals surface area (Å²) in [6, 6.07) is 11.7. The van der Waals surface area contributed by atoms with Crippen LogP contribution in [0.5, 0.6) is 0 Å². The van der Waals surface area contributed by atoms with Crippen molar-refractivity contribution in [2.24, 2.45) is 0 Å². The number of benzene rings is 1. The van der Waals surface area contributed by atoms with E-state index in [1.54, 1.807) is 12.3 Å². The topological polar surface area (TPSA) is 57.0 Å². The maximum absolute atomic E-state index is 12.1. The molecular weight excluding hydrogens is 278 g/mol. The predicted molar refractivity (Wildman–Crippen MR) is 84.7 cm³/mol. The van der Waals surface area contributed by atoms with E-state index in [0.717, 1.165) is 11.3 Å². The Balaban J connectivity index is 2.30. The van der Waals surface area contributed by atoms with E-state index < -0.39 is 0 Å². The number of methoxy groups -OCH3 is 1. The van der Waals surface area contributed by atoms with Gasteiger partial charge < -0.3 is 4.74 Å². The third-order valence-corrected chi connectivity index (χ3v) is 3.53. The molecule has 3 rings (SSSR count). The minimum atomic E-state index is -0.382. The Morgan fingerprint density at radius 3 is 2.59 bits per heavy atom. The van der Waals surface area contributed by atoms with E-state index >= 15 is 0 Å². The zero-order chi connectivity index (χ0) is 15.7. The summed E-state index contributed by atoms with van der Waals surface area (Å²) in [5.41, 5.74) is 2.86.